The highest BCUT2D eigenvalue weighted by Gasteiger charge is 2.19. The number of fused-ring (bicyclic) bond motifs is 1. The zero-order valence-electron chi connectivity index (χ0n) is 18.9. The van der Waals surface area contributed by atoms with Crippen LogP contribution in [-0.4, -0.2) is 21.6 Å². The van der Waals surface area contributed by atoms with Crippen molar-refractivity contribution >= 4 is 40.7 Å². The Labute approximate surface area is 214 Å². The maximum Gasteiger partial charge on any atom is 0.234 e. The molecular formula is C27H24ClN5OS. The Balaban J connectivity index is 1.36. The van der Waals surface area contributed by atoms with Crippen LogP contribution in [0.25, 0.3) is 0 Å². The summed E-state index contributed by atoms with van der Waals surface area (Å²) in [6.07, 6.45) is 0.954. The highest BCUT2D eigenvalue weighted by molar-refractivity contribution is 7.80. The molecule has 176 valence electrons. The molecule has 8 heteroatoms. The van der Waals surface area contributed by atoms with Crippen LogP contribution in [0.1, 0.15) is 16.7 Å². The molecule has 1 aliphatic rings. The van der Waals surface area contributed by atoms with E-state index in [0.29, 0.717) is 34.3 Å². The summed E-state index contributed by atoms with van der Waals surface area (Å²) in [5.41, 5.74) is 3.63. The average Bonchev–Trinajstić information content (AvgIpc) is 2.88. The summed E-state index contributed by atoms with van der Waals surface area (Å²) >= 11 is 11.8. The predicted molar refractivity (Wildman–Crippen MR) is 144 cm³/mol. The summed E-state index contributed by atoms with van der Waals surface area (Å²) in [7, 11) is 0. The molecule has 2 N–H and O–H groups in total. The number of anilines is 2. The lowest BCUT2D eigenvalue weighted by molar-refractivity contribution is 0.462. The molecule has 0 spiro atoms. The van der Waals surface area contributed by atoms with Gasteiger partial charge in [0.2, 0.25) is 11.8 Å². The molecule has 0 aliphatic carbocycles. The number of nitrogens with zero attached hydrogens (tertiary/aromatic N) is 3. The number of nitrogens with one attached hydrogen (secondary N) is 2. The molecule has 0 fully saturated rings. The Hall–Kier alpha value is -3.68. The molecule has 1 aliphatic heterocycles. The first kappa shape index (κ1) is 23.1. The third-order valence-corrected chi connectivity index (χ3v) is 6.35. The minimum atomic E-state index is 0.365. The fraction of sp³-hybridized carbons (Fsp3) is 0.148. The van der Waals surface area contributed by atoms with E-state index in [1.54, 1.807) is 0 Å². The molecule has 0 saturated carbocycles. The first-order valence-electron chi connectivity index (χ1n) is 11.4. The minimum absolute atomic E-state index is 0.365. The van der Waals surface area contributed by atoms with Crippen molar-refractivity contribution in [2.45, 2.75) is 19.5 Å². The molecule has 4 aromatic rings. The van der Waals surface area contributed by atoms with Gasteiger partial charge in [-0.3, -0.25) is 0 Å². The third-order valence-electron chi connectivity index (χ3n) is 5.73. The van der Waals surface area contributed by atoms with Gasteiger partial charge in [-0.2, -0.15) is 9.97 Å². The Morgan fingerprint density at radius 3 is 2.51 bits per heavy atom. The van der Waals surface area contributed by atoms with Gasteiger partial charge in [0.15, 0.2) is 5.11 Å². The van der Waals surface area contributed by atoms with Crippen LogP contribution in [-0.2, 0) is 19.5 Å². The molecule has 0 atom stereocenters. The van der Waals surface area contributed by atoms with Gasteiger partial charge in [0, 0.05) is 30.7 Å². The van der Waals surface area contributed by atoms with Crippen molar-refractivity contribution in [1.82, 2.24) is 15.3 Å². The van der Waals surface area contributed by atoms with Crippen molar-refractivity contribution in [2.75, 3.05) is 16.8 Å². The largest absolute Gasteiger partial charge is 0.439 e. The molecule has 3 aromatic carbocycles. The first-order chi connectivity index (χ1) is 17.1. The molecule has 0 unspecified atom stereocenters. The van der Waals surface area contributed by atoms with E-state index >= 15 is 0 Å². The Bertz CT molecular complexity index is 1330. The first-order valence-corrected chi connectivity index (χ1v) is 12.1. The smallest absolute Gasteiger partial charge is 0.234 e. The fourth-order valence-electron chi connectivity index (χ4n) is 3.95. The van der Waals surface area contributed by atoms with Crippen LogP contribution < -0.4 is 20.3 Å². The van der Waals surface area contributed by atoms with Gasteiger partial charge in [-0.1, -0.05) is 72.3 Å². The fourth-order valence-corrected chi connectivity index (χ4v) is 4.31. The predicted octanol–water partition coefficient (Wildman–Crippen LogP) is 5.97. The lowest BCUT2D eigenvalue weighted by Crippen LogP contribution is -2.32. The van der Waals surface area contributed by atoms with Crippen molar-refractivity contribution in [3.05, 3.63) is 107 Å². The number of thiocarbonyl (C=S) groups is 1. The molecule has 0 radical (unpaired) electrons. The van der Waals surface area contributed by atoms with Crippen molar-refractivity contribution in [1.29, 1.82) is 0 Å². The molecule has 0 amide bonds. The summed E-state index contributed by atoms with van der Waals surface area (Å²) in [6.45, 7) is 2.11. The van der Waals surface area contributed by atoms with Gasteiger partial charge in [0.05, 0.1) is 0 Å². The van der Waals surface area contributed by atoms with Crippen molar-refractivity contribution in [3.63, 3.8) is 0 Å². The van der Waals surface area contributed by atoms with Gasteiger partial charge in [0.1, 0.15) is 11.6 Å². The quantitative estimate of drug-likeness (QED) is 0.315. The molecule has 6 nitrogen and oxygen atoms in total. The Morgan fingerprint density at radius 1 is 0.943 bits per heavy atom. The highest BCUT2D eigenvalue weighted by atomic mass is 35.5. The number of benzene rings is 3. The van der Waals surface area contributed by atoms with Crippen molar-refractivity contribution in [3.8, 4) is 11.6 Å². The molecular weight excluding hydrogens is 478 g/mol. The van der Waals surface area contributed by atoms with Crippen LogP contribution in [0.2, 0.25) is 5.02 Å². The van der Waals surface area contributed by atoms with Gasteiger partial charge >= 0.3 is 0 Å². The molecule has 0 bridgehead atoms. The van der Waals surface area contributed by atoms with Crippen molar-refractivity contribution in [2.24, 2.45) is 0 Å². The summed E-state index contributed by atoms with van der Waals surface area (Å²) in [5, 5.41) is 7.36. The maximum absolute atomic E-state index is 6.26. The van der Waals surface area contributed by atoms with Crippen LogP contribution in [0.15, 0.2) is 84.9 Å². The average molecular weight is 502 g/mol. The molecule has 1 aromatic heterocycles. The summed E-state index contributed by atoms with van der Waals surface area (Å²) < 4.78 is 6.05. The van der Waals surface area contributed by atoms with Crippen LogP contribution >= 0.6 is 23.8 Å². The van der Waals surface area contributed by atoms with Crippen molar-refractivity contribution < 1.29 is 4.74 Å². The lowest BCUT2D eigenvalue weighted by Gasteiger charge is -2.30. The number of halogens is 1. The summed E-state index contributed by atoms with van der Waals surface area (Å²) in [4.78, 5) is 11.5. The number of hydrogen-bond acceptors (Lipinski definition) is 5. The second-order valence-electron chi connectivity index (χ2n) is 8.14. The summed E-state index contributed by atoms with van der Waals surface area (Å²) in [5.74, 6) is 2.28. The van der Waals surface area contributed by atoms with Crippen LogP contribution in [0.3, 0.4) is 0 Å². The van der Waals surface area contributed by atoms with E-state index < -0.39 is 0 Å². The van der Waals surface area contributed by atoms with E-state index in [0.717, 1.165) is 30.9 Å². The van der Waals surface area contributed by atoms with Gasteiger partial charge in [-0.25, -0.2) is 0 Å². The Kier molecular flexibility index (Phi) is 7.07. The number of hydrogen-bond donors (Lipinski definition) is 2. The van der Waals surface area contributed by atoms with E-state index in [1.807, 2.05) is 60.7 Å². The van der Waals surface area contributed by atoms with E-state index in [1.165, 1.54) is 11.1 Å². The van der Waals surface area contributed by atoms with Gasteiger partial charge in [-0.05, 0) is 53.5 Å². The second-order valence-corrected chi connectivity index (χ2v) is 8.96. The second kappa shape index (κ2) is 10.7. The monoisotopic (exact) mass is 501 g/mol. The van der Waals surface area contributed by atoms with Crippen LogP contribution in [0.5, 0.6) is 11.6 Å². The highest BCUT2D eigenvalue weighted by Crippen LogP contribution is 2.28. The van der Waals surface area contributed by atoms with Gasteiger partial charge in [-0.15, -0.1) is 0 Å². The van der Waals surface area contributed by atoms with E-state index in [9.17, 15) is 0 Å². The topological polar surface area (TPSA) is 62.3 Å². The molecule has 2 heterocycles. The van der Waals surface area contributed by atoms with Gasteiger partial charge in [0.25, 0.3) is 0 Å². The molecule has 5 rings (SSSR count). The number of ether oxygens (including phenoxy) is 1. The van der Waals surface area contributed by atoms with E-state index in [-0.39, 0.29) is 0 Å². The minimum Gasteiger partial charge on any atom is -0.439 e. The normalized spacial score (nSPS) is 12.5. The Morgan fingerprint density at radius 2 is 1.69 bits per heavy atom. The number of para-hydroxylation sites is 1. The SMILES string of the molecule is S=C(NCc1ccccc1Cl)Nc1nc(Oc2ccccc2)cc(N2CCc3ccccc3C2)n1. The lowest BCUT2D eigenvalue weighted by atomic mass is 10.00. The zero-order chi connectivity index (χ0) is 24.0. The molecule has 35 heavy (non-hydrogen) atoms. The maximum atomic E-state index is 6.26. The number of rotatable bonds is 6. The zero-order valence-corrected chi connectivity index (χ0v) is 20.5. The van der Waals surface area contributed by atoms with E-state index in [4.69, 9.17) is 33.5 Å². The van der Waals surface area contributed by atoms with E-state index in [2.05, 4.69) is 44.8 Å². The van der Waals surface area contributed by atoms with Crippen LogP contribution in [0, 0.1) is 0 Å². The number of aromatic nitrogens is 2. The molecule has 0 saturated heterocycles. The van der Waals surface area contributed by atoms with Gasteiger partial charge < -0.3 is 20.3 Å². The van der Waals surface area contributed by atoms with Crippen LogP contribution in [0.4, 0.5) is 11.8 Å². The summed E-state index contributed by atoms with van der Waals surface area (Å²) in [6, 6.07) is 27.6. The standard InChI is InChI=1S/C27H24ClN5OS/c28-23-13-7-6-9-20(23)17-29-27(35)32-26-30-24(16-25(31-26)34-22-11-2-1-3-12-22)33-15-14-19-8-4-5-10-21(19)18-33/h1-13,16H,14-15,17-18H2,(H2,29,30,31,32,35). The third kappa shape index (κ3) is 5.88.